The third kappa shape index (κ3) is 5.67. The molecule has 34 heavy (non-hydrogen) atoms. The summed E-state index contributed by atoms with van der Waals surface area (Å²) in [5.74, 6) is 0.187. The summed E-state index contributed by atoms with van der Waals surface area (Å²) in [5, 5.41) is 23.9. The summed E-state index contributed by atoms with van der Waals surface area (Å²) in [6.07, 6.45) is -4.12. The SMILES string of the molecule is COc1cc(O[C@H]2OC(C)(C)C(OC)[C@@H](O)[C@H]2O)cc(-c2cccc(F)c2)c1CCNC(C)=O. The fourth-order valence-corrected chi connectivity index (χ4v) is 4.24. The van der Waals surface area contributed by atoms with Crippen LogP contribution in [0.1, 0.15) is 26.3 Å². The van der Waals surface area contributed by atoms with Gasteiger partial charge in [0.1, 0.15) is 35.6 Å². The number of benzene rings is 2. The number of ether oxygens (including phenoxy) is 4. The van der Waals surface area contributed by atoms with Gasteiger partial charge in [-0.15, -0.1) is 0 Å². The number of aliphatic hydroxyl groups is 2. The number of aliphatic hydroxyl groups excluding tert-OH is 2. The van der Waals surface area contributed by atoms with Gasteiger partial charge in [-0.05, 0) is 49.6 Å². The van der Waals surface area contributed by atoms with Crippen LogP contribution in [0.25, 0.3) is 11.1 Å². The van der Waals surface area contributed by atoms with Gasteiger partial charge in [0.15, 0.2) is 0 Å². The molecule has 9 heteroatoms. The molecule has 2 aromatic carbocycles. The largest absolute Gasteiger partial charge is 0.496 e. The molecule has 1 fully saturated rings. The topological polar surface area (TPSA) is 106 Å². The van der Waals surface area contributed by atoms with Crippen molar-refractivity contribution in [3.63, 3.8) is 0 Å². The van der Waals surface area contributed by atoms with Crippen LogP contribution in [0.15, 0.2) is 36.4 Å². The molecular weight excluding hydrogens is 445 g/mol. The van der Waals surface area contributed by atoms with E-state index in [-0.39, 0.29) is 5.91 Å². The number of methoxy groups -OCH3 is 2. The third-order valence-electron chi connectivity index (χ3n) is 5.84. The highest BCUT2D eigenvalue weighted by molar-refractivity contribution is 5.74. The molecule has 1 saturated heterocycles. The second-order valence-corrected chi connectivity index (χ2v) is 8.74. The number of carbonyl (C=O) groups is 1. The van der Waals surface area contributed by atoms with Gasteiger partial charge in [0.05, 0.1) is 12.7 Å². The van der Waals surface area contributed by atoms with Gasteiger partial charge in [-0.25, -0.2) is 4.39 Å². The Balaban J connectivity index is 2.00. The minimum Gasteiger partial charge on any atom is -0.496 e. The Morgan fingerprint density at radius 3 is 2.53 bits per heavy atom. The van der Waals surface area contributed by atoms with E-state index in [1.165, 1.54) is 33.3 Å². The normalized spacial score (nSPS) is 23.9. The van der Waals surface area contributed by atoms with Crippen LogP contribution < -0.4 is 14.8 Å². The molecule has 1 unspecified atom stereocenters. The van der Waals surface area contributed by atoms with E-state index in [0.29, 0.717) is 35.6 Å². The predicted molar refractivity (Wildman–Crippen MR) is 123 cm³/mol. The fourth-order valence-electron chi connectivity index (χ4n) is 4.24. The highest BCUT2D eigenvalue weighted by atomic mass is 19.1. The smallest absolute Gasteiger partial charge is 0.229 e. The molecule has 1 aliphatic rings. The first-order valence-electron chi connectivity index (χ1n) is 11.0. The Kier molecular flexibility index (Phi) is 8.14. The molecule has 2 aromatic rings. The number of nitrogens with one attached hydrogen (secondary N) is 1. The van der Waals surface area contributed by atoms with Crippen LogP contribution in [-0.4, -0.2) is 67.1 Å². The predicted octanol–water partition coefficient (Wildman–Crippen LogP) is 2.43. The lowest BCUT2D eigenvalue weighted by Gasteiger charge is -2.46. The molecule has 0 aliphatic carbocycles. The van der Waals surface area contributed by atoms with Crippen LogP contribution in [-0.2, 0) is 20.7 Å². The Hall–Kier alpha value is -2.72. The molecule has 8 nitrogen and oxygen atoms in total. The number of rotatable bonds is 8. The van der Waals surface area contributed by atoms with Crippen LogP contribution in [0.5, 0.6) is 11.5 Å². The van der Waals surface area contributed by atoms with Crippen molar-refractivity contribution in [1.82, 2.24) is 5.32 Å². The molecule has 1 heterocycles. The van der Waals surface area contributed by atoms with E-state index in [9.17, 15) is 19.4 Å². The average Bonchev–Trinajstić information content (AvgIpc) is 2.77. The number of hydrogen-bond acceptors (Lipinski definition) is 7. The molecule has 0 aromatic heterocycles. The second-order valence-electron chi connectivity index (χ2n) is 8.74. The molecule has 0 radical (unpaired) electrons. The Morgan fingerprint density at radius 1 is 1.18 bits per heavy atom. The molecule has 0 bridgehead atoms. The van der Waals surface area contributed by atoms with Gasteiger partial charge >= 0.3 is 0 Å². The quantitative estimate of drug-likeness (QED) is 0.536. The zero-order valence-corrected chi connectivity index (χ0v) is 20.0. The van der Waals surface area contributed by atoms with Gasteiger partial charge in [-0.3, -0.25) is 4.79 Å². The maximum atomic E-state index is 14.0. The van der Waals surface area contributed by atoms with Crippen molar-refractivity contribution in [2.45, 2.75) is 57.4 Å². The Labute approximate surface area is 198 Å². The van der Waals surface area contributed by atoms with Crippen LogP contribution in [0.3, 0.4) is 0 Å². The first kappa shape index (κ1) is 25.9. The minimum absolute atomic E-state index is 0.162. The van der Waals surface area contributed by atoms with E-state index >= 15 is 0 Å². The maximum absolute atomic E-state index is 14.0. The summed E-state index contributed by atoms with van der Waals surface area (Å²) in [6, 6.07) is 9.41. The highest BCUT2D eigenvalue weighted by Crippen LogP contribution is 2.38. The standard InChI is InChI=1S/C25H32FNO7/c1-14(28)27-10-9-18-19(15-7-6-8-16(26)11-15)12-17(13-20(18)31-4)33-24-22(30)21(29)23(32-5)25(2,3)34-24/h6-8,11-13,21-24,29-30H,9-10H2,1-5H3,(H,27,28)/t21-,22+,23?,24-/m0/s1. The van der Waals surface area contributed by atoms with Gasteiger partial charge in [-0.2, -0.15) is 0 Å². The van der Waals surface area contributed by atoms with E-state index in [2.05, 4.69) is 5.32 Å². The van der Waals surface area contributed by atoms with Gasteiger partial charge in [0, 0.05) is 32.2 Å². The molecule has 186 valence electrons. The van der Waals surface area contributed by atoms with Crippen LogP contribution in [0, 0.1) is 5.82 Å². The number of halogens is 1. The number of amides is 1. The van der Waals surface area contributed by atoms with Crippen molar-refractivity contribution >= 4 is 5.91 Å². The van der Waals surface area contributed by atoms with E-state index in [4.69, 9.17) is 18.9 Å². The van der Waals surface area contributed by atoms with Crippen LogP contribution in [0.2, 0.25) is 0 Å². The third-order valence-corrected chi connectivity index (χ3v) is 5.84. The van der Waals surface area contributed by atoms with Crippen molar-refractivity contribution in [1.29, 1.82) is 0 Å². The number of carbonyl (C=O) groups excluding carboxylic acids is 1. The summed E-state index contributed by atoms with van der Waals surface area (Å²) in [6.45, 7) is 5.26. The first-order chi connectivity index (χ1) is 16.1. The zero-order chi connectivity index (χ0) is 25.0. The van der Waals surface area contributed by atoms with E-state index in [1.807, 2.05) is 0 Å². The lowest BCUT2D eigenvalue weighted by atomic mass is 9.89. The molecule has 0 saturated carbocycles. The molecule has 1 aliphatic heterocycles. The van der Waals surface area contributed by atoms with Crippen molar-refractivity contribution in [2.24, 2.45) is 0 Å². The maximum Gasteiger partial charge on any atom is 0.229 e. The van der Waals surface area contributed by atoms with Crippen molar-refractivity contribution in [3.05, 3.63) is 47.8 Å². The Bertz CT molecular complexity index is 1010. The fraction of sp³-hybridized carbons (Fsp3) is 0.480. The minimum atomic E-state index is -1.37. The van der Waals surface area contributed by atoms with Gasteiger partial charge in [0.2, 0.25) is 12.2 Å². The zero-order valence-electron chi connectivity index (χ0n) is 20.0. The van der Waals surface area contributed by atoms with Crippen molar-refractivity contribution < 1.29 is 38.3 Å². The van der Waals surface area contributed by atoms with Crippen LogP contribution in [0.4, 0.5) is 4.39 Å². The molecule has 1 amide bonds. The van der Waals surface area contributed by atoms with Gasteiger partial charge in [-0.1, -0.05) is 12.1 Å². The monoisotopic (exact) mass is 477 g/mol. The van der Waals surface area contributed by atoms with E-state index < -0.39 is 36.0 Å². The summed E-state index contributed by atoms with van der Waals surface area (Å²) < 4.78 is 36.8. The Morgan fingerprint density at radius 2 is 1.91 bits per heavy atom. The first-order valence-corrected chi connectivity index (χ1v) is 11.0. The van der Waals surface area contributed by atoms with E-state index in [0.717, 1.165) is 5.56 Å². The molecular formula is C25H32FNO7. The van der Waals surface area contributed by atoms with E-state index in [1.54, 1.807) is 38.1 Å². The second kappa shape index (κ2) is 10.7. The summed E-state index contributed by atoms with van der Waals surface area (Å²) in [4.78, 5) is 11.3. The molecule has 3 rings (SSSR count). The van der Waals surface area contributed by atoms with Crippen LogP contribution >= 0.6 is 0 Å². The highest BCUT2D eigenvalue weighted by Gasteiger charge is 2.50. The summed E-state index contributed by atoms with van der Waals surface area (Å²) in [7, 11) is 2.93. The van der Waals surface area contributed by atoms with Crippen molar-refractivity contribution in [3.8, 4) is 22.6 Å². The molecule has 4 atom stereocenters. The van der Waals surface area contributed by atoms with Gasteiger partial charge in [0.25, 0.3) is 0 Å². The molecule has 3 N–H and O–H groups in total. The van der Waals surface area contributed by atoms with Crippen molar-refractivity contribution in [2.75, 3.05) is 20.8 Å². The average molecular weight is 478 g/mol. The lowest BCUT2D eigenvalue weighted by Crippen LogP contribution is -2.63. The lowest BCUT2D eigenvalue weighted by molar-refractivity contribution is -0.305. The van der Waals surface area contributed by atoms with Gasteiger partial charge < -0.3 is 34.5 Å². The summed E-state index contributed by atoms with van der Waals surface area (Å²) >= 11 is 0. The number of hydrogen-bond donors (Lipinski definition) is 3. The molecule has 0 spiro atoms. The summed E-state index contributed by atoms with van der Waals surface area (Å²) in [5.41, 5.74) is 1.04.